The summed E-state index contributed by atoms with van der Waals surface area (Å²) < 4.78 is 39.4. The Morgan fingerprint density at radius 1 is 1.25 bits per heavy atom. The highest BCUT2D eigenvalue weighted by atomic mass is 19.4. The Kier molecular flexibility index (Phi) is 5.10. The first-order chi connectivity index (χ1) is 11.2. The van der Waals surface area contributed by atoms with E-state index in [0.29, 0.717) is 18.5 Å². The van der Waals surface area contributed by atoms with Crippen LogP contribution in [0, 0.1) is 10.1 Å². The fraction of sp³-hybridized carbons (Fsp3) is 0.400. The van der Waals surface area contributed by atoms with Crippen LogP contribution in [0.1, 0.15) is 30.2 Å². The molecule has 0 radical (unpaired) electrons. The zero-order chi connectivity index (χ0) is 17.9. The first kappa shape index (κ1) is 17.8. The number of nitrogens with one attached hydrogen (secondary N) is 1. The van der Waals surface area contributed by atoms with Crippen LogP contribution in [-0.2, 0) is 19.4 Å². The molecule has 1 aromatic heterocycles. The van der Waals surface area contributed by atoms with Gasteiger partial charge in [0, 0.05) is 36.4 Å². The van der Waals surface area contributed by atoms with Crippen molar-refractivity contribution in [1.29, 1.82) is 0 Å². The molecular weight excluding hydrogens is 327 g/mol. The maximum absolute atomic E-state index is 12.7. The van der Waals surface area contributed by atoms with E-state index in [1.807, 2.05) is 6.92 Å². The van der Waals surface area contributed by atoms with Crippen molar-refractivity contribution in [2.75, 3.05) is 0 Å². The van der Waals surface area contributed by atoms with Crippen molar-refractivity contribution in [3.63, 3.8) is 0 Å². The molecule has 0 saturated heterocycles. The van der Waals surface area contributed by atoms with Crippen LogP contribution in [0.25, 0.3) is 0 Å². The molecule has 0 saturated carbocycles. The molecule has 0 spiro atoms. The van der Waals surface area contributed by atoms with Gasteiger partial charge in [-0.25, -0.2) is 0 Å². The number of aromatic nitrogens is 2. The fourth-order valence-corrected chi connectivity index (χ4v) is 2.42. The van der Waals surface area contributed by atoms with Crippen LogP contribution in [0.15, 0.2) is 29.1 Å². The normalized spacial score (nSPS) is 11.7. The molecule has 2 rings (SSSR count). The minimum atomic E-state index is -4.49. The van der Waals surface area contributed by atoms with Gasteiger partial charge in [0.05, 0.1) is 11.3 Å². The molecule has 9 heteroatoms. The molecule has 0 unspecified atom stereocenters. The van der Waals surface area contributed by atoms with Crippen LogP contribution in [0.4, 0.5) is 18.9 Å². The summed E-state index contributed by atoms with van der Waals surface area (Å²) in [5.74, 6) is 0. The number of nitrogens with zero attached hydrogens (tertiary/aromatic N) is 2. The standard InChI is InChI=1S/C15H16F3N3O3/c1-2-7-20-14(22)12(9-15(16,17)18)13(19-20)8-10-3-5-11(6-4-10)21(23)24/h3-6,19H,2,7-9H2,1H3. The predicted molar refractivity (Wildman–Crippen MR) is 81.0 cm³/mol. The molecule has 0 fully saturated rings. The summed E-state index contributed by atoms with van der Waals surface area (Å²) in [7, 11) is 0. The quantitative estimate of drug-likeness (QED) is 0.646. The number of alkyl halides is 3. The van der Waals surface area contributed by atoms with E-state index in [0.717, 1.165) is 0 Å². The molecular formula is C15H16F3N3O3. The molecule has 130 valence electrons. The van der Waals surface area contributed by atoms with Gasteiger partial charge in [-0.3, -0.25) is 24.7 Å². The number of hydrogen-bond donors (Lipinski definition) is 1. The first-order valence-electron chi connectivity index (χ1n) is 7.32. The van der Waals surface area contributed by atoms with Gasteiger partial charge >= 0.3 is 6.18 Å². The van der Waals surface area contributed by atoms with E-state index >= 15 is 0 Å². The molecule has 0 aliphatic carbocycles. The lowest BCUT2D eigenvalue weighted by molar-refractivity contribution is -0.384. The van der Waals surface area contributed by atoms with Gasteiger partial charge in [0.1, 0.15) is 0 Å². The Morgan fingerprint density at radius 2 is 1.88 bits per heavy atom. The average molecular weight is 343 g/mol. The van der Waals surface area contributed by atoms with E-state index in [2.05, 4.69) is 5.10 Å². The Hall–Kier alpha value is -2.58. The third-order valence-electron chi connectivity index (χ3n) is 3.49. The average Bonchev–Trinajstić information content (AvgIpc) is 2.75. The summed E-state index contributed by atoms with van der Waals surface area (Å²) in [6.45, 7) is 2.11. The summed E-state index contributed by atoms with van der Waals surface area (Å²) in [6, 6.07) is 5.48. The minimum Gasteiger partial charge on any atom is -0.299 e. The zero-order valence-electron chi connectivity index (χ0n) is 12.9. The van der Waals surface area contributed by atoms with Crippen molar-refractivity contribution < 1.29 is 18.1 Å². The molecule has 1 N–H and O–H groups in total. The molecule has 2 aromatic rings. The van der Waals surface area contributed by atoms with E-state index in [1.165, 1.54) is 28.9 Å². The van der Waals surface area contributed by atoms with Crippen LogP contribution in [0.2, 0.25) is 0 Å². The lowest BCUT2D eigenvalue weighted by Gasteiger charge is -2.06. The molecule has 1 aromatic carbocycles. The number of benzene rings is 1. The van der Waals surface area contributed by atoms with E-state index in [-0.39, 0.29) is 23.4 Å². The molecule has 0 bridgehead atoms. The number of rotatable bonds is 6. The number of nitro benzene ring substituents is 1. The van der Waals surface area contributed by atoms with Crippen LogP contribution >= 0.6 is 0 Å². The van der Waals surface area contributed by atoms with Crippen LogP contribution in [0.3, 0.4) is 0 Å². The second kappa shape index (κ2) is 6.90. The van der Waals surface area contributed by atoms with Crippen LogP contribution < -0.4 is 5.56 Å². The van der Waals surface area contributed by atoms with E-state index < -0.39 is 23.1 Å². The van der Waals surface area contributed by atoms with Gasteiger partial charge in [-0.05, 0) is 12.0 Å². The second-order valence-corrected chi connectivity index (χ2v) is 5.42. The molecule has 1 heterocycles. The Balaban J connectivity index is 2.35. The molecule has 0 atom stereocenters. The SMILES string of the molecule is CCCn1[nH]c(Cc2ccc([N+](=O)[O-])cc2)c(CC(F)(F)F)c1=O. The van der Waals surface area contributed by atoms with Crippen molar-refractivity contribution in [3.05, 3.63) is 61.6 Å². The summed E-state index contributed by atoms with van der Waals surface area (Å²) in [5, 5.41) is 13.4. The third-order valence-corrected chi connectivity index (χ3v) is 3.49. The molecule has 0 amide bonds. The predicted octanol–water partition coefficient (Wildman–Crippen LogP) is 3.19. The number of aromatic amines is 1. The Bertz CT molecular complexity index is 776. The number of non-ortho nitro benzene ring substituents is 1. The van der Waals surface area contributed by atoms with Crippen molar-refractivity contribution in [2.24, 2.45) is 0 Å². The monoisotopic (exact) mass is 343 g/mol. The third kappa shape index (κ3) is 4.24. The van der Waals surface area contributed by atoms with E-state index in [9.17, 15) is 28.1 Å². The maximum atomic E-state index is 12.7. The van der Waals surface area contributed by atoms with Crippen LogP contribution in [0.5, 0.6) is 0 Å². The Labute approximate surface area is 135 Å². The summed E-state index contributed by atoms with van der Waals surface area (Å²) >= 11 is 0. The molecule has 0 aliphatic heterocycles. The smallest absolute Gasteiger partial charge is 0.299 e. The number of aryl methyl sites for hydroxylation is 1. The molecule has 6 nitrogen and oxygen atoms in total. The minimum absolute atomic E-state index is 0.0648. The maximum Gasteiger partial charge on any atom is 0.393 e. The second-order valence-electron chi connectivity index (χ2n) is 5.42. The zero-order valence-corrected chi connectivity index (χ0v) is 12.9. The fourth-order valence-electron chi connectivity index (χ4n) is 2.42. The van der Waals surface area contributed by atoms with E-state index in [4.69, 9.17) is 0 Å². The van der Waals surface area contributed by atoms with Crippen molar-refractivity contribution in [1.82, 2.24) is 9.78 Å². The Morgan fingerprint density at radius 3 is 2.38 bits per heavy atom. The van der Waals surface area contributed by atoms with Gasteiger partial charge in [0.2, 0.25) is 0 Å². The number of hydrogen-bond acceptors (Lipinski definition) is 3. The highest BCUT2D eigenvalue weighted by Gasteiger charge is 2.32. The lowest BCUT2D eigenvalue weighted by atomic mass is 10.0. The van der Waals surface area contributed by atoms with Gasteiger partial charge in [-0.2, -0.15) is 13.2 Å². The highest BCUT2D eigenvalue weighted by molar-refractivity contribution is 5.35. The largest absolute Gasteiger partial charge is 0.393 e. The van der Waals surface area contributed by atoms with Crippen molar-refractivity contribution in [2.45, 2.75) is 38.9 Å². The van der Waals surface area contributed by atoms with Gasteiger partial charge < -0.3 is 0 Å². The topological polar surface area (TPSA) is 80.9 Å². The first-order valence-corrected chi connectivity index (χ1v) is 7.32. The highest BCUT2D eigenvalue weighted by Crippen LogP contribution is 2.23. The summed E-state index contributed by atoms with van der Waals surface area (Å²) in [5.41, 5.74) is -0.333. The van der Waals surface area contributed by atoms with Crippen molar-refractivity contribution in [3.8, 4) is 0 Å². The van der Waals surface area contributed by atoms with Gasteiger partial charge in [-0.1, -0.05) is 19.1 Å². The molecule has 0 aliphatic rings. The summed E-state index contributed by atoms with van der Waals surface area (Å²) in [4.78, 5) is 22.2. The van der Waals surface area contributed by atoms with Gasteiger partial charge in [0.15, 0.2) is 0 Å². The van der Waals surface area contributed by atoms with Gasteiger partial charge in [-0.15, -0.1) is 0 Å². The molecule has 24 heavy (non-hydrogen) atoms. The van der Waals surface area contributed by atoms with Gasteiger partial charge in [0.25, 0.3) is 11.2 Å². The van der Waals surface area contributed by atoms with E-state index in [1.54, 1.807) is 0 Å². The van der Waals surface area contributed by atoms with Crippen LogP contribution in [-0.4, -0.2) is 20.9 Å². The lowest BCUT2D eigenvalue weighted by Crippen LogP contribution is -2.23. The number of halogens is 3. The van der Waals surface area contributed by atoms with Crippen molar-refractivity contribution >= 4 is 5.69 Å². The summed E-state index contributed by atoms with van der Waals surface area (Å²) in [6.07, 6.45) is -5.13. The number of H-pyrrole nitrogens is 1. The number of nitro groups is 1.